The van der Waals surface area contributed by atoms with Crippen LogP contribution >= 0.6 is 11.6 Å². The lowest BCUT2D eigenvalue weighted by atomic mass is 10.00. The Morgan fingerprint density at radius 3 is 2.67 bits per heavy atom. The van der Waals surface area contributed by atoms with Crippen molar-refractivity contribution in [2.24, 2.45) is 0 Å². The van der Waals surface area contributed by atoms with E-state index in [2.05, 4.69) is 0 Å². The summed E-state index contributed by atoms with van der Waals surface area (Å²) in [6, 6.07) is 10.6. The third kappa shape index (κ3) is 2.64. The highest BCUT2D eigenvalue weighted by Gasteiger charge is 2.21. The predicted octanol–water partition coefficient (Wildman–Crippen LogP) is 3.20. The summed E-state index contributed by atoms with van der Waals surface area (Å²) in [7, 11) is 1.55. The molecule has 1 unspecified atom stereocenters. The maximum absolute atomic E-state index is 10.6. The van der Waals surface area contributed by atoms with Crippen LogP contribution in [0.2, 0.25) is 5.02 Å². The number of halogens is 1. The number of aliphatic hydroxyl groups is 1. The normalized spacial score (nSPS) is 14.6. The van der Waals surface area contributed by atoms with Crippen LogP contribution in [0.4, 0.5) is 0 Å². The summed E-state index contributed by atoms with van der Waals surface area (Å²) >= 11 is 6.20. The van der Waals surface area contributed by atoms with Crippen molar-refractivity contribution in [2.75, 3.05) is 20.3 Å². The van der Waals surface area contributed by atoms with E-state index in [9.17, 15) is 5.11 Å². The molecular formula is C16H15ClO4. The van der Waals surface area contributed by atoms with E-state index in [0.717, 1.165) is 0 Å². The molecule has 4 nitrogen and oxygen atoms in total. The fraction of sp³-hybridized carbons (Fsp3) is 0.250. The summed E-state index contributed by atoms with van der Waals surface area (Å²) in [5, 5.41) is 11.1. The summed E-state index contributed by atoms with van der Waals surface area (Å²) in [5.74, 6) is 1.86. The maximum atomic E-state index is 10.6. The highest BCUT2D eigenvalue weighted by molar-refractivity contribution is 6.31. The molecule has 0 fully saturated rings. The minimum Gasteiger partial charge on any atom is -0.496 e. The predicted molar refractivity (Wildman–Crippen MR) is 79.5 cm³/mol. The molecule has 0 saturated carbocycles. The van der Waals surface area contributed by atoms with Gasteiger partial charge in [-0.25, -0.2) is 0 Å². The molecule has 2 aromatic carbocycles. The van der Waals surface area contributed by atoms with Crippen molar-refractivity contribution in [1.82, 2.24) is 0 Å². The molecule has 5 heteroatoms. The van der Waals surface area contributed by atoms with E-state index in [4.69, 9.17) is 25.8 Å². The molecule has 0 aromatic heterocycles. The third-order valence-corrected chi connectivity index (χ3v) is 3.72. The van der Waals surface area contributed by atoms with Gasteiger partial charge in [-0.05, 0) is 29.8 Å². The first-order valence-electron chi connectivity index (χ1n) is 6.60. The molecule has 110 valence electrons. The van der Waals surface area contributed by atoms with E-state index in [0.29, 0.717) is 46.6 Å². The Morgan fingerprint density at radius 1 is 1.14 bits per heavy atom. The maximum Gasteiger partial charge on any atom is 0.161 e. The summed E-state index contributed by atoms with van der Waals surface area (Å²) in [4.78, 5) is 0. The average Bonchev–Trinajstić information content (AvgIpc) is 2.53. The van der Waals surface area contributed by atoms with Crippen molar-refractivity contribution in [1.29, 1.82) is 0 Å². The van der Waals surface area contributed by atoms with Crippen molar-refractivity contribution in [3.8, 4) is 17.2 Å². The summed E-state index contributed by atoms with van der Waals surface area (Å²) < 4.78 is 16.3. The number of fused-ring (bicyclic) bond motifs is 1. The molecular weight excluding hydrogens is 292 g/mol. The number of benzene rings is 2. The average molecular weight is 307 g/mol. The Kier molecular flexibility index (Phi) is 3.90. The number of hydrogen-bond acceptors (Lipinski definition) is 4. The molecule has 0 radical (unpaired) electrons. The molecule has 0 saturated heterocycles. The topological polar surface area (TPSA) is 47.9 Å². The fourth-order valence-corrected chi connectivity index (χ4v) is 2.63. The quantitative estimate of drug-likeness (QED) is 0.946. The lowest BCUT2D eigenvalue weighted by molar-refractivity contribution is 0.169. The van der Waals surface area contributed by atoms with Crippen molar-refractivity contribution < 1.29 is 19.3 Å². The number of aliphatic hydroxyl groups excluding tert-OH is 1. The number of ether oxygens (including phenoxy) is 3. The van der Waals surface area contributed by atoms with Gasteiger partial charge in [-0.1, -0.05) is 23.7 Å². The summed E-state index contributed by atoms with van der Waals surface area (Å²) in [5.41, 5.74) is 1.21. The second-order valence-electron chi connectivity index (χ2n) is 4.66. The monoisotopic (exact) mass is 306 g/mol. The Labute approximate surface area is 127 Å². The van der Waals surface area contributed by atoms with Crippen molar-refractivity contribution in [3.05, 3.63) is 52.5 Å². The van der Waals surface area contributed by atoms with Crippen LogP contribution < -0.4 is 14.2 Å². The molecule has 2 aromatic rings. The van der Waals surface area contributed by atoms with Crippen LogP contribution in [0.1, 0.15) is 17.2 Å². The van der Waals surface area contributed by atoms with E-state index in [1.165, 1.54) is 0 Å². The minimum atomic E-state index is -0.899. The lowest BCUT2D eigenvalue weighted by Gasteiger charge is -2.21. The first-order chi connectivity index (χ1) is 10.2. The number of methoxy groups -OCH3 is 1. The van der Waals surface area contributed by atoms with Crippen LogP contribution in [0, 0.1) is 0 Å². The second kappa shape index (κ2) is 5.84. The lowest BCUT2D eigenvalue weighted by Crippen LogP contribution is -2.15. The molecule has 1 atom stereocenters. The van der Waals surface area contributed by atoms with E-state index < -0.39 is 6.10 Å². The van der Waals surface area contributed by atoms with Gasteiger partial charge < -0.3 is 19.3 Å². The first-order valence-corrected chi connectivity index (χ1v) is 6.98. The fourth-order valence-electron chi connectivity index (χ4n) is 2.36. The Morgan fingerprint density at radius 2 is 1.90 bits per heavy atom. The van der Waals surface area contributed by atoms with Crippen molar-refractivity contribution in [3.63, 3.8) is 0 Å². The van der Waals surface area contributed by atoms with Gasteiger partial charge in [0.1, 0.15) is 25.1 Å². The summed E-state index contributed by atoms with van der Waals surface area (Å²) in [6.07, 6.45) is -0.899. The van der Waals surface area contributed by atoms with Crippen LogP contribution in [0.15, 0.2) is 36.4 Å². The van der Waals surface area contributed by atoms with Crippen molar-refractivity contribution in [2.45, 2.75) is 6.10 Å². The standard InChI is InChI=1S/C16H15ClO4/c1-19-13-4-2-3-11(17)15(13)16(18)10-5-6-12-14(9-10)21-8-7-20-12/h2-6,9,16,18H,7-8H2,1H3. The van der Waals surface area contributed by atoms with Crippen LogP contribution in [0.25, 0.3) is 0 Å². The van der Waals surface area contributed by atoms with Gasteiger partial charge in [-0.15, -0.1) is 0 Å². The minimum absolute atomic E-state index is 0.455. The van der Waals surface area contributed by atoms with E-state index in [1.54, 1.807) is 43.5 Å². The first kappa shape index (κ1) is 14.0. The Hall–Kier alpha value is -1.91. The molecule has 1 aliphatic rings. The smallest absolute Gasteiger partial charge is 0.161 e. The molecule has 3 rings (SSSR count). The molecule has 0 amide bonds. The highest BCUT2D eigenvalue weighted by atomic mass is 35.5. The van der Waals surface area contributed by atoms with Crippen LogP contribution in [-0.4, -0.2) is 25.4 Å². The highest BCUT2D eigenvalue weighted by Crippen LogP contribution is 2.39. The zero-order valence-electron chi connectivity index (χ0n) is 11.5. The Balaban J connectivity index is 2.01. The number of rotatable bonds is 3. The van der Waals surface area contributed by atoms with Crippen LogP contribution in [0.3, 0.4) is 0 Å². The van der Waals surface area contributed by atoms with Gasteiger partial charge >= 0.3 is 0 Å². The third-order valence-electron chi connectivity index (χ3n) is 3.39. The second-order valence-corrected chi connectivity index (χ2v) is 5.07. The Bertz CT molecular complexity index is 657. The van der Waals surface area contributed by atoms with Gasteiger partial charge in [-0.3, -0.25) is 0 Å². The molecule has 1 N–H and O–H groups in total. The van der Waals surface area contributed by atoms with Crippen molar-refractivity contribution >= 4 is 11.6 Å². The molecule has 0 aliphatic carbocycles. The molecule has 0 spiro atoms. The SMILES string of the molecule is COc1cccc(Cl)c1C(O)c1ccc2c(c1)OCCO2. The van der Waals surface area contributed by atoms with Crippen LogP contribution in [0.5, 0.6) is 17.2 Å². The molecule has 1 heterocycles. The summed E-state index contributed by atoms with van der Waals surface area (Å²) in [6.45, 7) is 1.04. The van der Waals surface area contributed by atoms with Gasteiger partial charge in [0.15, 0.2) is 11.5 Å². The van der Waals surface area contributed by atoms with Gasteiger partial charge in [0.05, 0.1) is 12.1 Å². The van der Waals surface area contributed by atoms with Gasteiger partial charge in [0.2, 0.25) is 0 Å². The zero-order valence-corrected chi connectivity index (χ0v) is 12.3. The molecule has 21 heavy (non-hydrogen) atoms. The van der Waals surface area contributed by atoms with Gasteiger partial charge in [0, 0.05) is 5.56 Å². The largest absolute Gasteiger partial charge is 0.496 e. The van der Waals surface area contributed by atoms with Gasteiger partial charge in [-0.2, -0.15) is 0 Å². The van der Waals surface area contributed by atoms with E-state index >= 15 is 0 Å². The van der Waals surface area contributed by atoms with E-state index in [-0.39, 0.29) is 0 Å². The van der Waals surface area contributed by atoms with Crippen LogP contribution in [-0.2, 0) is 0 Å². The van der Waals surface area contributed by atoms with E-state index in [1.807, 2.05) is 0 Å². The molecule has 1 aliphatic heterocycles. The zero-order chi connectivity index (χ0) is 14.8. The molecule has 0 bridgehead atoms. The number of hydrogen-bond donors (Lipinski definition) is 1. The van der Waals surface area contributed by atoms with Gasteiger partial charge in [0.25, 0.3) is 0 Å².